The van der Waals surface area contributed by atoms with Gasteiger partial charge in [0.05, 0.1) is 12.5 Å². The Bertz CT molecular complexity index is 1400. The SMILES string of the molecule is COc1ccc(C2(C(=O)N3CCN(c4nc(Nc5cc(C)[nH]n5)c5cccn5n4)CC3)CCCC2)cc1. The summed E-state index contributed by atoms with van der Waals surface area (Å²) in [6.45, 7) is 4.61. The number of nitrogens with zero attached hydrogens (tertiary/aromatic N) is 6. The van der Waals surface area contributed by atoms with Crippen LogP contribution in [-0.2, 0) is 10.2 Å². The molecular weight excluding hydrogens is 468 g/mol. The Balaban J connectivity index is 1.20. The second-order valence-corrected chi connectivity index (χ2v) is 9.96. The van der Waals surface area contributed by atoms with Gasteiger partial charge in [-0.15, -0.1) is 5.10 Å². The molecule has 1 aliphatic heterocycles. The number of aromatic nitrogens is 5. The summed E-state index contributed by atoms with van der Waals surface area (Å²) in [5.74, 6) is 3.10. The number of methoxy groups -OCH3 is 1. The molecule has 10 heteroatoms. The molecule has 2 fully saturated rings. The average Bonchev–Trinajstić information content (AvgIpc) is 3.70. The topological polar surface area (TPSA) is 104 Å². The van der Waals surface area contributed by atoms with Gasteiger partial charge in [-0.2, -0.15) is 10.1 Å². The summed E-state index contributed by atoms with van der Waals surface area (Å²) in [5.41, 5.74) is 2.51. The summed E-state index contributed by atoms with van der Waals surface area (Å²) < 4.78 is 7.17. The molecule has 37 heavy (non-hydrogen) atoms. The van der Waals surface area contributed by atoms with Crippen molar-refractivity contribution in [1.29, 1.82) is 0 Å². The molecule has 0 bridgehead atoms. The van der Waals surface area contributed by atoms with E-state index in [0.29, 0.717) is 43.8 Å². The fourth-order valence-corrected chi connectivity index (χ4v) is 5.68. The second-order valence-electron chi connectivity index (χ2n) is 9.96. The first-order valence-corrected chi connectivity index (χ1v) is 12.9. The van der Waals surface area contributed by atoms with E-state index in [1.807, 2.05) is 52.9 Å². The molecule has 2 aliphatic rings. The zero-order valence-corrected chi connectivity index (χ0v) is 21.3. The van der Waals surface area contributed by atoms with Crippen LogP contribution in [0.3, 0.4) is 0 Å². The fraction of sp³-hybridized carbons (Fsp3) is 0.407. The molecule has 2 N–H and O–H groups in total. The van der Waals surface area contributed by atoms with Gasteiger partial charge in [-0.3, -0.25) is 9.89 Å². The number of benzene rings is 1. The van der Waals surface area contributed by atoms with Crippen LogP contribution in [-0.4, -0.2) is 68.9 Å². The summed E-state index contributed by atoms with van der Waals surface area (Å²) in [4.78, 5) is 23.0. The predicted molar refractivity (Wildman–Crippen MR) is 142 cm³/mol. The number of rotatable bonds is 6. The van der Waals surface area contributed by atoms with Crippen molar-refractivity contribution < 1.29 is 9.53 Å². The van der Waals surface area contributed by atoms with E-state index in [2.05, 4.69) is 32.5 Å². The van der Waals surface area contributed by atoms with Crippen molar-refractivity contribution in [3.05, 3.63) is 59.9 Å². The van der Waals surface area contributed by atoms with E-state index < -0.39 is 5.41 Å². The van der Waals surface area contributed by atoms with Crippen LogP contribution in [0.25, 0.3) is 5.52 Å². The smallest absolute Gasteiger partial charge is 0.245 e. The van der Waals surface area contributed by atoms with E-state index in [1.54, 1.807) is 7.11 Å². The zero-order valence-electron chi connectivity index (χ0n) is 21.3. The third kappa shape index (κ3) is 4.26. The van der Waals surface area contributed by atoms with E-state index in [0.717, 1.165) is 48.2 Å². The van der Waals surface area contributed by atoms with Crippen molar-refractivity contribution >= 4 is 29.0 Å². The van der Waals surface area contributed by atoms with Crippen molar-refractivity contribution in [1.82, 2.24) is 29.7 Å². The number of aryl methyl sites for hydroxylation is 1. The van der Waals surface area contributed by atoms with Gasteiger partial charge < -0.3 is 19.9 Å². The Morgan fingerprint density at radius 3 is 2.51 bits per heavy atom. The molecule has 1 aliphatic carbocycles. The average molecular weight is 501 g/mol. The minimum absolute atomic E-state index is 0.243. The molecule has 1 amide bonds. The molecule has 3 aromatic heterocycles. The van der Waals surface area contributed by atoms with Gasteiger partial charge in [-0.05, 0) is 49.6 Å². The summed E-state index contributed by atoms with van der Waals surface area (Å²) >= 11 is 0. The van der Waals surface area contributed by atoms with Crippen molar-refractivity contribution in [2.75, 3.05) is 43.5 Å². The highest BCUT2D eigenvalue weighted by molar-refractivity contribution is 5.89. The molecule has 0 unspecified atom stereocenters. The standard InChI is InChI=1S/C27H32N8O2/c1-19-18-23(31-30-19)28-24-22-6-5-13-35(22)32-26(29-24)34-16-14-33(15-17-34)25(36)27(11-3-4-12-27)20-7-9-21(37-2)10-8-20/h5-10,13,18H,3-4,11-12,14-17H2,1-2H3,(H2,28,29,30,31,32). The monoisotopic (exact) mass is 500 g/mol. The maximum atomic E-state index is 13.9. The third-order valence-electron chi connectivity index (χ3n) is 7.69. The number of carbonyl (C=O) groups excluding carboxylic acids is 1. The number of carbonyl (C=O) groups is 1. The lowest BCUT2D eigenvalue weighted by Crippen LogP contribution is -2.54. The first kappa shape index (κ1) is 23.3. The molecule has 0 radical (unpaired) electrons. The van der Waals surface area contributed by atoms with E-state index in [9.17, 15) is 4.79 Å². The number of ether oxygens (including phenoxy) is 1. The van der Waals surface area contributed by atoms with Crippen molar-refractivity contribution in [2.24, 2.45) is 0 Å². The van der Waals surface area contributed by atoms with Crippen LogP contribution in [0.5, 0.6) is 5.75 Å². The first-order valence-electron chi connectivity index (χ1n) is 12.9. The van der Waals surface area contributed by atoms with Crippen molar-refractivity contribution in [3.63, 3.8) is 0 Å². The van der Waals surface area contributed by atoms with Gasteiger partial charge in [0.1, 0.15) is 11.3 Å². The molecule has 6 rings (SSSR count). The van der Waals surface area contributed by atoms with Crippen LogP contribution < -0.4 is 15.0 Å². The summed E-state index contributed by atoms with van der Waals surface area (Å²) in [6, 6.07) is 13.9. The van der Waals surface area contributed by atoms with Gasteiger partial charge in [-0.1, -0.05) is 25.0 Å². The number of nitrogens with one attached hydrogen (secondary N) is 2. The lowest BCUT2D eigenvalue weighted by molar-refractivity contribution is -0.137. The van der Waals surface area contributed by atoms with E-state index in [-0.39, 0.29) is 5.91 Å². The number of piperazine rings is 1. The molecule has 192 valence electrons. The quantitative estimate of drug-likeness (QED) is 0.416. The number of aromatic amines is 1. The predicted octanol–water partition coefficient (Wildman–Crippen LogP) is 3.67. The van der Waals surface area contributed by atoms with E-state index >= 15 is 0 Å². The fourth-order valence-electron chi connectivity index (χ4n) is 5.68. The number of H-pyrrole nitrogens is 1. The zero-order chi connectivity index (χ0) is 25.4. The third-order valence-corrected chi connectivity index (χ3v) is 7.69. The molecule has 1 saturated carbocycles. The highest BCUT2D eigenvalue weighted by Gasteiger charge is 2.45. The van der Waals surface area contributed by atoms with Crippen molar-refractivity contribution in [3.8, 4) is 5.75 Å². The number of anilines is 3. The second kappa shape index (κ2) is 9.42. The Labute approximate surface area is 215 Å². The van der Waals surface area contributed by atoms with Crippen molar-refractivity contribution in [2.45, 2.75) is 38.0 Å². The van der Waals surface area contributed by atoms with Crippen LogP contribution in [0.1, 0.15) is 36.9 Å². The Hall–Kier alpha value is -4.08. The molecular formula is C27H32N8O2. The normalized spacial score (nSPS) is 17.4. The number of amides is 1. The highest BCUT2D eigenvalue weighted by atomic mass is 16.5. The minimum Gasteiger partial charge on any atom is -0.497 e. The molecule has 1 saturated heterocycles. The van der Waals surface area contributed by atoms with Gasteiger partial charge in [0.2, 0.25) is 11.9 Å². The first-order chi connectivity index (χ1) is 18.1. The van der Waals surface area contributed by atoms with Crippen LogP contribution in [0.2, 0.25) is 0 Å². The number of hydrogen-bond donors (Lipinski definition) is 2. The Morgan fingerprint density at radius 1 is 1.08 bits per heavy atom. The van der Waals surface area contributed by atoms with Gasteiger partial charge in [0.15, 0.2) is 11.6 Å². The minimum atomic E-state index is -0.437. The van der Waals surface area contributed by atoms with Gasteiger partial charge in [0.25, 0.3) is 0 Å². The van der Waals surface area contributed by atoms with Crippen LogP contribution in [0, 0.1) is 6.92 Å². The highest BCUT2D eigenvalue weighted by Crippen LogP contribution is 2.43. The summed E-state index contributed by atoms with van der Waals surface area (Å²) in [7, 11) is 1.67. The van der Waals surface area contributed by atoms with Gasteiger partial charge >= 0.3 is 0 Å². The Morgan fingerprint density at radius 2 is 1.84 bits per heavy atom. The maximum absolute atomic E-state index is 13.9. The molecule has 0 spiro atoms. The van der Waals surface area contributed by atoms with Crippen LogP contribution >= 0.6 is 0 Å². The Kier molecular flexibility index (Phi) is 5.94. The largest absolute Gasteiger partial charge is 0.497 e. The maximum Gasteiger partial charge on any atom is 0.245 e. The summed E-state index contributed by atoms with van der Waals surface area (Å²) in [6.07, 6.45) is 5.86. The van der Waals surface area contributed by atoms with Gasteiger partial charge in [0, 0.05) is 44.1 Å². The van der Waals surface area contributed by atoms with E-state index in [1.165, 1.54) is 0 Å². The molecule has 4 aromatic rings. The van der Waals surface area contributed by atoms with Crippen LogP contribution in [0.15, 0.2) is 48.7 Å². The molecule has 1 aromatic carbocycles. The number of fused-ring (bicyclic) bond motifs is 1. The van der Waals surface area contributed by atoms with Gasteiger partial charge in [-0.25, -0.2) is 4.52 Å². The lowest BCUT2D eigenvalue weighted by atomic mass is 9.77. The van der Waals surface area contributed by atoms with Crippen LogP contribution in [0.4, 0.5) is 17.6 Å². The number of hydrogen-bond acceptors (Lipinski definition) is 7. The summed E-state index contributed by atoms with van der Waals surface area (Å²) in [5, 5.41) is 15.3. The van der Waals surface area contributed by atoms with E-state index in [4.69, 9.17) is 14.8 Å². The molecule has 0 atom stereocenters. The molecule has 10 nitrogen and oxygen atoms in total. The lowest BCUT2D eigenvalue weighted by Gasteiger charge is -2.40. The molecule has 4 heterocycles.